The first-order valence-corrected chi connectivity index (χ1v) is 10.1. The summed E-state index contributed by atoms with van der Waals surface area (Å²) in [6, 6.07) is 13.7. The minimum atomic E-state index is -3.53. The predicted octanol–water partition coefficient (Wildman–Crippen LogP) is 3.02. The van der Waals surface area contributed by atoms with Crippen molar-refractivity contribution in [2.45, 2.75) is 24.7 Å². The number of hydrogen-bond donors (Lipinski definition) is 0. The molecule has 3 rings (SSSR count). The second kappa shape index (κ2) is 8.18. The van der Waals surface area contributed by atoms with E-state index in [-0.39, 0.29) is 4.90 Å². The topological polar surface area (TPSA) is 74.1 Å². The maximum Gasteiger partial charge on any atom is 0.243 e. The molecule has 0 amide bonds. The second-order valence-corrected chi connectivity index (χ2v) is 8.21. The summed E-state index contributed by atoms with van der Waals surface area (Å²) in [5.41, 5.74) is 3.24. The summed E-state index contributed by atoms with van der Waals surface area (Å²) in [6.07, 6.45) is 3.19. The Bertz CT molecular complexity index is 1060. The SMILES string of the molecule is Cc1cccc(C#CC=C2CCN(S(=O)(=O)c3ccc(C#N)cc3)CC2)n1. The fourth-order valence-corrected chi connectivity index (χ4v) is 4.27. The van der Waals surface area contributed by atoms with E-state index < -0.39 is 10.0 Å². The molecule has 1 aromatic heterocycles. The molecule has 0 atom stereocenters. The molecule has 0 radical (unpaired) electrons. The monoisotopic (exact) mass is 377 g/mol. The van der Waals surface area contributed by atoms with Gasteiger partial charge in [0.25, 0.3) is 0 Å². The Morgan fingerprint density at radius 1 is 1.11 bits per heavy atom. The van der Waals surface area contributed by atoms with E-state index in [1.54, 1.807) is 0 Å². The Morgan fingerprint density at radius 3 is 2.44 bits per heavy atom. The summed E-state index contributed by atoms with van der Waals surface area (Å²) < 4.78 is 26.9. The van der Waals surface area contributed by atoms with Crippen molar-refractivity contribution in [1.82, 2.24) is 9.29 Å². The summed E-state index contributed by atoms with van der Waals surface area (Å²) >= 11 is 0. The first-order valence-electron chi connectivity index (χ1n) is 8.62. The minimum absolute atomic E-state index is 0.222. The van der Waals surface area contributed by atoms with E-state index in [0.717, 1.165) is 17.0 Å². The molecule has 1 aromatic carbocycles. The van der Waals surface area contributed by atoms with Gasteiger partial charge in [-0.25, -0.2) is 13.4 Å². The zero-order chi connectivity index (χ0) is 19.3. The van der Waals surface area contributed by atoms with Crippen LogP contribution in [0.2, 0.25) is 0 Å². The Labute approximate surface area is 160 Å². The van der Waals surface area contributed by atoms with E-state index in [4.69, 9.17) is 5.26 Å². The first kappa shape index (κ1) is 18.8. The predicted molar refractivity (Wildman–Crippen MR) is 103 cm³/mol. The number of nitriles is 1. The van der Waals surface area contributed by atoms with E-state index in [1.165, 1.54) is 28.6 Å². The molecule has 0 bridgehead atoms. The molecule has 27 heavy (non-hydrogen) atoms. The Morgan fingerprint density at radius 2 is 1.81 bits per heavy atom. The molecule has 0 unspecified atom stereocenters. The summed E-state index contributed by atoms with van der Waals surface area (Å²) in [4.78, 5) is 4.56. The highest BCUT2D eigenvalue weighted by Gasteiger charge is 2.27. The van der Waals surface area contributed by atoms with Gasteiger partial charge in [-0.1, -0.05) is 17.6 Å². The van der Waals surface area contributed by atoms with Crippen molar-refractivity contribution >= 4 is 10.0 Å². The van der Waals surface area contributed by atoms with Gasteiger partial charge in [0.15, 0.2) is 0 Å². The van der Waals surface area contributed by atoms with Gasteiger partial charge in [0.05, 0.1) is 16.5 Å². The van der Waals surface area contributed by atoms with Gasteiger partial charge in [-0.3, -0.25) is 0 Å². The highest BCUT2D eigenvalue weighted by atomic mass is 32.2. The number of piperidine rings is 1. The highest BCUT2D eigenvalue weighted by molar-refractivity contribution is 7.89. The van der Waals surface area contributed by atoms with Crippen molar-refractivity contribution in [2.24, 2.45) is 0 Å². The minimum Gasteiger partial charge on any atom is -0.245 e. The zero-order valence-corrected chi connectivity index (χ0v) is 15.8. The number of benzene rings is 1. The van der Waals surface area contributed by atoms with E-state index in [9.17, 15) is 8.42 Å². The number of sulfonamides is 1. The lowest BCUT2D eigenvalue weighted by Gasteiger charge is -2.27. The summed E-state index contributed by atoms with van der Waals surface area (Å²) in [5.74, 6) is 6.04. The fraction of sp³-hybridized carbons (Fsp3) is 0.238. The number of hydrogen-bond acceptors (Lipinski definition) is 4. The van der Waals surface area contributed by atoms with Crippen molar-refractivity contribution in [3.05, 3.63) is 71.1 Å². The van der Waals surface area contributed by atoms with Crippen LogP contribution < -0.4 is 0 Å². The summed E-state index contributed by atoms with van der Waals surface area (Å²) in [7, 11) is -3.53. The molecule has 0 aliphatic carbocycles. The van der Waals surface area contributed by atoms with E-state index in [1.807, 2.05) is 37.3 Å². The van der Waals surface area contributed by atoms with Crippen LogP contribution in [0.15, 0.2) is 59.0 Å². The van der Waals surface area contributed by atoms with Crippen molar-refractivity contribution < 1.29 is 8.42 Å². The maximum atomic E-state index is 12.7. The van der Waals surface area contributed by atoms with Crippen LogP contribution in [0.5, 0.6) is 0 Å². The molecule has 1 fully saturated rings. The van der Waals surface area contributed by atoms with Crippen LogP contribution in [0.25, 0.3) is 0 Å². The highest BCUT2D eigenvalue weighted by Crippen LogP contribution is 2.23. The Hall–Kier alpha value is -2.93. The largest absolute Gasteiger partial charge is 0.245 e. The fourth-order valence-electron chi connectivity index (χ4n) is 2.83. The van der Waals surface area contributed by atoms with Crippen LogP contribution in [-0.4, -0.2) is 30.8 Å². The average Bonchev–Trinajstić information content (AvgIpc) is 2.68. The lowest BCUT2D eigenvalue weighted by Crippen LogP contribution is -2.36. The molecule has 1 aliphatic rings. The molecule has 2 heterocycles. The Balaban J connectivity index is 1.65. The molecule has 1 aliphatic heterocycles. The molecular formula is C21H19N3O2S. The van der Waals surface area contributed by atoms with Gasteiger partial charge in [-0.05, 0) is 68.2 Å². The first-order chi connectivity index (χ1) is 13.0. The summed E-state index contributed by atoms with van der Waals surface area (Å²) in [6.45, 7) is 2.78. The van der Waals surface area contributed by atoms with E-state index in [2.05, 4.69) is 16.8 Å². The molecule has 2 aromatic rings. The molecular weight excluding hydrogens is 358 g/mol. The third-order valence-corrected chi connectivity index (χ3v) is 6.26. The molecule has 1 saturated heterocycles. The lowest BCUT2D eigenvalue weighted by molar-refractivity contribution is 0.387. The van der Waals surface area contributed by atoms with Gasteiger partial charge >= 0.3 is 0 Å². The van der Waals surface area contributed by atoms with Crippen molar-refractivity contribution in [3.8, 4) is 17.9 Å². The third kappa shape index (κ3) is 4.62. The van der Waals surface area contributed by atoms with Gasteiger partial charge in [0, 0.05) is 18.8 Å². The summed E-state index contributed by atoms with van der Waals surface area (Å²) in [5, 5.41) is 8.84. The standard InChI is InChI=1S/C21H19N3O2S/c1-17-4-2-6-20(23-17)7-3-5-18-12-14-24(15-13-18)27(25,26)21-10-8-19(16-22)9-11-21/h2,4-6,8-11H,12-15H2,1H3. The lowest BCUT2D eigenvalue weighted by atomic mass is 10.1. The zero-order valence-electron chi connectivity index (χ0n) is 15.0. The van der Waals surface area contributed by atoms with Gasteiger partial charge in [0.1, 0.15) is 5.69 Å². The molecule has 5 nitrogen and oxygen atoms in total. The molecule has 136 valence electrons. The van der Waals surface area contributed by atoms with E-state index >= 15 is 0 Å². The molecule has 0 saturated carbocycles. The number of nitrogens with zero attached hydrogens (tertiary/aromatic N) is 3. The van der Waals surface area contributed by atoms with Gasteiger partial charge in [-0.2, -0.15) is 9.57 Å². The molecule has 0 N–H and O–H groups in total. The van der Waals surface area contributed by atoms with Gasteiger partial charge < -0.3 is 0 Å². The second-order valence-electron chi connectivity index (χ2n) is 6.28. The van der Waals surface area contributed by atoms with Gasteiger partial charge in [0.2, 0.25) is 10.0 Å². The van der Waals surface area contributed by atoms with Crippen LogP contribution in [0.1, 0.15) is 29.8 Å². The normalized spacial score (nSPS) is 14.7. The number of pyridine rings is 1. The van der Waals surface area contributed by atoms with Crippen molar-refractivity contribution in [3.63, 3.8) is 0 Å². The van der Waals surface area contributed by atoms with Crippen LogP contribution in [0.4, 0.5) is 0 Å². The number of rotatable bonds is 2. The Kier molecular flexibility index (Phi) is 5.71. The van der Waals surface area contributed by atoms with Gasteiger partial charge in [-0.15, -0.1) is 0 Å². The smallest absolute Gasteiger partial charge is 0.243 e. The number of allylic oxidation sites excluding steroid dienone is 1. The average molecular weight is 377 g/mol. The molecule has 0 spiro atoms. The van der Waals surface area contributed by atoms with Crippen molar-refractivity contribution in [1.29, 1.82) is 5.26 Å². The van der Waals surface area contributed by atoms with Crippen molar-refractivity contribution in [2.75, 3.05) is 13.1 Å². The number of aryl methyl sites for hydroxylation is 1. The van der Waals surface area contributed by atoms with Crippen LogP contribution in [0.3, 0.4) is 0 Å². The van der Waals surface area contributed by atoms with E-state index in [0.29, 0.717) is 31.5 Å². The maximum absolute atomic E-state index is 12.7. The van der Waals surface area contributed by atoms with Crippen LogP contribution >= 0.6 is 0 Å². The van der Waals surface area contributed by atoms with Crippen LogP contribution in [-0.2, 0) is 10.0 Å². The quantitative estimate of drug-likeness (QED) is 0.754. The van der Waals surface area contributed by atoms with Crippen LogP contribution in [0, 0.1) is 30.1 Å². The number of aromatic nitrogens is 1. The third-order valence-electron chi connectivity index (χ3n) is 4.35. The molecule has 6 heteroatoms.